The summed E-state index contributed by atoms with van der Waals surface area (Å²) >= 11 is 12.0. The van der Waals surface area contributed by atoms with Crippen LogP contribution in [0.25, 0.3) is 16.8 Å². The number of anilines is 2. The minimum absolute atomic E-state index is 0.0132. The lowest BCUT2D eigenvalue weighted by Gasteiger charge is -2.13. The van der Waals surface area contributed by atoms with Crippen molar-refractivity contribution in [1.29, 1.82) is 5.26 Å². The van der Waals surface area contributed by atoms with Crippen LogP contribution in [0.4, 0.5) is 24.7 Å². The highest BCUT2D eigenvalue weighted by molar-refractivity contribution is 6.38. The van der Waals surface area contributed by atoms with E-state index in [1.165, 1.54) is 0 Å². The molecule has 27 heavy (non-hydrogen) atoms. The van der Waals surface area contributed by atoms with Gasteiger partial charge in [-0.15, -0.1) is 0 Å². The summed E-state index contributed by atoms with van der Waals surface area (Å²) in [7, 11) is 0. The van der Waals surface area contributed by atoms with Gasteiger partial charge in [0.2, 0.25) is 0 Å². The molecule has 0 radical (unpaired) electrons. The van der Waals surface area contributed by atoms with E-state index in [0.29, 0.717) is 11.3 Å². The van der Waals surface area contributed by atoms with E-state index in [2.05, 4.69) is 5.10 Å². The number of nitrogens with two attached hydrogens (primary N) is 2. The first-order valence-electron chi connectivity index (χ1n) is 7.34. The summed E-state index contributed by atoms with van der Waals surface area (Å²) < 4.78 is 39.8. The number of nitrogen functional groups attached to an aromatic ring is 2. The maximum absolute atomic E-state index is 12.9. The van der Waals surface area contributed by atoms with E-state index in [-0.39, 0.29) is 32.8 Å². The Morgan fingerprint density at radius 3 is 2.22 bits per heavy atom. The molecule has 0 saturated carbocycles. The Hall–Kier alpha value is -2.89. The molecule has 4 N–H and O–H groups in total. The van der Waals surface area contributed by atoms with Crippen LogP contribution in [0.15, 0.2) is 36.4 Å². The van der Waals surface area contributed by atoms with Crippen LogP contribution >= 0.6 is 23.2 Å². The summed E-state index contributed by atoms with van der Waals surface area (Å²) in [6, 6.07) is 9.92. The van der Waals surface area contributed by atoms with E-state index in [9.17, 15) is 18.4 Å². The van der Waals surface area contributed by atoms with Crippen molar-refractivity contribution >= 4 is 34.7 Å². The molecule has 0 bridgehead atoms. The molecule has 2 aromatic carbocycles. The van der Waals surface area contributed by atoms with E-state index in [1.54, 1.807) is 24.3 Å². The first-order chi connectivity index (χ1) is 12.6. The van der Waals surface area contributed by atoms with Crippen molar-refractivity contribution in [2.75, 3.05) is 11.5 Å². The van der Waals surface area contributed by atoms with E-state index in [4.69, 9.17) is 34.7 Å². The molecule has 0 fully saturated rings. The Bertz CT molecular complexity index is 1060. The number of nitriles is 1. The quantitative estimate of drug-likeness (QED) is 0.586. The maximum Gasteiger partial charge on any atom is 0.416 e. The highest BCUT2D eigenvalue weighted by atomic mass is 35.5. The smallest absolute Gasteiger partial charge is 0.399 e. The first kappa shape index (κ1) is 18.9. The molecule has 0 unspecified atom stereocenters. The topological polar surface area (TPSA) is 93.6 Å². The zero-order chi connectivity index (χ0) is 19.9. The Kier molecular flexibility index (Phi) is 4.68. The van der Waals surface area contributed by atoms with E-state index < -0.39 is 11.7 Å². The lowest BCUT2D eigenvalue weighted by molar-refractivity contribution is -0.137. The van der Waals surface area contributed by atoms with Crippen LogP contribution in [-0.4, -0.2) is 9.78 Å². The van der Waals surface area contributed by atoms with Crippen LogP contribution in [0, 0.1) is 11.3 Å². The van der Waals surface area contributed by atoms with Gasteiger partial charge in [0.25, 0.3) is 0 Å². The Morgan fingerprint density at radius 2 is 1.70 bits per heavy atom. The normalized spacial score (nSPS) is 11.4. The van der Waals surface area contributed by atoms with Crippen molar-refractivity contribution in [2.24, 2.45) is 0 Å². The molecule has 0 amide bonds. The summed E-state index contributed by atoms with van der Waals surface area (Å²) in [5.74, 6) is -0.0132. The van der Waals surface area contributed by atoms with Crippen LogP contribution in [0.1, 0.15) is 11.3 Å². The molecular weight excluding hydrogens is 402 g/mol. The number of aromatic nitrogens is 2. The predicted octanol–water partition coefficient (Wildman–Crippen LogP) is 4.90. The van der Waals surface area contributed by atoms with Gasteiger partial charge in [0, 0.05) is 5.69 Å². The summed E-state index contributed by atoms with van der Waals surface area (Å²) in [6.07, 6.45) is -4.62. The molecule has 0 saturated heterocycles. The van der Waals surface area contributed by atoms with Gasteiger partial charge in [-0.25, -0.2) is 4.68 Å². The molecule has 0 spiro atoms. The van der Waals surface area contributed by atoms with Crippen molar-refractivity contribution in [3.63, 3.8) is 0 Å². The van der Waals surface area contributed by atoms with Gasteiger partial charge in [-0.2, -0.15) is 23.5 Å². The predicted molar refractivity (Wildman–Crippen MR) is 97.6 cm³/mol. The van der Waals surface area contributed by atoms with Crippen LogP contribution in [0.3, 0.4) is 0 Å². The fourth-order valence-corrected chi connectivity index (χ4v) is 3.24. The highest BCUT2D eigenvalue weighted by Gasteiger charge is 2.33. The zero-order valence-corrected chi connectivity index (χ0v) is 14.9. The van der Waals surface area contributed by atoms with Gasteiger partial charge < -0.3 is 11.5 Å². The number of nitrogens with zero attached hydrogens (tertiary/aromatic N) is 3. The lowest BCUT2D eigenvalue weighted by atomic mass is 10.1. The van der Waals surface area contributed by atoms with Gasteiger partial charge in [0.1, 0.15) is 17.6 Å². The maximum atomic E-state index is 12.9. The SMILES string of the molecule is N#Cc1nn(-c2c(Cl)cc(C(F)(F)F)cc2Cl)c(N)c1-c1cccc(N)c1. The largest absolute Gasteiger partial charge is 0.416 e. The van der Waals surface area contributed by atoms with E-state index >= 15 is 0 Å². The zero-order valence-electron chi connectivity index (χ0n) is 13.4. The number of hydrogen-bond donors (Lipinski definition) is 2. The molecule has 10 heteroatoms. The molecule has 0 aliphatic carbocycles. The summed E-state index contributed by atoms with van der Waals surface area (Å²) in [6.45, 7) is 0. The highest BCUT2D eigenvalue weighted by Crippen LogP contribution is 2.40. The molecule has 0 aliphatic heterocycles. The lowest BCUT2D eigenvalue weighted by Crippen LogP contribution is -2.08. The third-order valence-corrected chi connectivity index (χ3v) is 4.33. The average molecular weight is 412 g/mol. The van der Waals surface area contributed by atoms with E-state index in [1.807, 2.05) is 6.07 Å². The van der Waals surface area contributed by atoms with Gasteiger partial charge >= 0.3 is 6.18 Å². The van der Waals surface area contributed by atoms with Gasteiger partial charge in [-0.1, -0.05) is 35.3 Å². The summed E-state index contributed by atoms with van der Waals surface area (Å²) in [4.78, 5) is 0. The second kappa shape index (κ2) is 6.68. The van der Waals surface area contributed by atoms with Crippen LogP contribution in [-0.2, 0) is 6.18 Å². The molecular formula is C17H10Cl2F3N5. The van der Waals surface area contributed by atoms with Crippen molar-refractivity contribution in [1.82, 2.24) is 9.78 Å². The number of halogens is 5. The molecule has 138 valence electrons. The molecule has 5 nitrogen and oxygen atoms in total. The van der Waals surface area contributed by atoms with Crippen LogP contribution < -0.4 is 11.5 Å². The fraction of sp³-hybridized carbons (Fsp3) is 0.0588. The average Bonchev–Trinajstić information content (AvgIpc) is 2.90. The Labute approximate surface area is 161 Å². The second-order valence-corrected chi connectivity index (χ2v) is 6.36. The second-order valence-electron chi connectivity index (χ2n) is 5.54. The van der Waals surface area contributed by atoms with Crippen molar-refractivity contribution in [2.45, 2.75) is 6.18 Å². The summed E-state index contributed by atoms with van der Waals surface area (Å²) in [5.41, 5.74) is 12.0. The minimum Gasteiger partial charge on any atom is -0.399 e. The van der Waals surface area contributed by atoms with Gasteiger partial charge in [-0.3, -0.25) is 0 Å². The Morgan fingerprint density at radius 1 is 1.07 bits per heavy atom. The van der Waals surface area contributed by atoms with Crippen LogP contribution in [0.2, 0.25) is 10.0 Å². The Balaban J connectivity index is 2.25. The molecule has 0 aliphatic rings. The van der Waals surface area contributed by atoms with Gasteiger partial charge in [-0.05, 0) is 29.8 Å². The van der Waals surface area contributed by atoms with Crippen LogP contribution in [0.5, 0.6) is 0 Å². The third kappa shape index (κ3) is 3.39. The number of benzene rings is 2. The number of hydrogen-bond acceptors (Lipinski definition) is 4. The van der Waals surface area contributed by atoms with Gasteiger partial charge in [0.05, 0.1) is 21.2 Å². The third-order valence-electron chi connectivity index (χ3n) is 3.76. The van der Waals surface area contributed by atoms with Gasteiger partial charge in [0.15, 0.2) is 5.69 Å². The summed E-state index contributed by atoms with van der Waals surface area (Å²) in [5, 5.41) is 12.8. The van der Waals surface area contributed by atoms with Crippen molar-refractivity contribution in [3.05, 3.63) is 57.7 Å². The molecule has 3 aromatic rings. The minimum atomic E-state index is -4.62. The monoisotopic (exact) mass is 411 g/mol. The number of rotatable bonds is 2. The standard InChI is InChI=1S/C17H10Cl2F3N5/c18-11-5-9(17(20,21)22)6-12(19)15(11)27-16(25)14(13(7-23)26-27)8-2-1-3-10(24)4-8/h1-6H,24-25H2. The molecule has 1 aromatic heterocycles. The molecule has 3 rings (SSSR count). The van der Waals surface area contributed by atoms with Crippen molar-refractivity contribution in [3.8, 4) is 22.9 Å². The first-order valence-corrected chi connectivity index (χ1v) is 8.10. The molecule has 0 atom stereocenters. The number of alkyl halides is 3. The molecule has 1 heterocycles. The van der Waals surface area contributed by atoms with E-state index in [0.717, 1.165) is 16.8 Å². The van der Waals surface area contributed by atoms with Crippen molar-refractivity contribution < 1.29 is 13.2 Å². The fourth-order valence-electron chi connectivity index (χ4n) is 2.59.